The van der Waals surface area contributed by atoms with Gasteiger partial charge in [-0.25, -0.2) is 11.0 Å². The van der Waals surface area contributed by atoms with Crippen molar-refractivity contribution in [1.29, 1.82) is 0 Å². The average Bonchev–Trinajstić information content (AvgIpc) is 2.84. The zero-order valence-corrected chi connectivity index (χ0v) is 15.8. The first-order chi connectivity index (χ1) is 12.4. The fourth-order valence-electron chi connectivity index (χ4n) is 4.12. The third-order valence-electron chi connectivity index (χ3n) is 5.67. The maximum absolute atomic E-state index is 14.3. The summed E-state index contributed by atoms with van der Waals surface area (Å²) in [4.78, 5) is 23.6. The van der Waals surface area contributed by atoms with Crippen LogP contribution in [-0.4, -0.2) is 59.1 Å². The molecule has 1 aromatic heterocycles. The highest BCUT2D eigenvalue weighted by Gasteiger charge is 2.45. The van der Waals surface area contributed by atoms with Crippen LogP contribution in [-0.2, 0) is 10.3 Å². The molecule has 1 unspecified atom stereocenters. The van der Waals surface area contributed by atoms with Crippen LogP contribution in [0.5, 0.6) is 0 Å². The molecule has 5 nitrogen and oxygen atoms in total. The summed E-state index contributed by atoms with van der Waals surface area (Å²) in [5, 5.41) is 0.566. The van der Waals surface area contributed by atoms with Gasteiger partial charge in [-0.2, -0.15) is 0 Å². The van der Waals surface area contributed by atoms with E-state index in [4.69, 9.17) is 18.2 Å². The van der Waals surface area contributed by atoms with Crippen molar-refractivity contribution < 1.29 is 9.18 Å². The Labute approximate surface area is 159 Å². The van der Waals surface area contributed by atoms with Crippen molar-refractivity contribution in [2.75, 3.05) is 26.2 Å². The summed E-state index contributed by atoms with van der Waals surface area (Å²) in [6, 6.07) is 3.87. The number of nitrogens with zero attached hydrogens (tertiary/aromatic N) is 4. The van der Waals surface area contributed by atoms with Gasteiger partial charge < -0.3 is 9.74 Å². The Kier molecular flexibility index (Phi) is 5.79. The lowest BCUT2D eigenvalue weighted by atomic mass is 9.77. The van der Waals surface area contributed by atoms with Crippen molar-refractivity contribution in [2.24, 2.45) is 0 Å². The molecule has 1 amide bonds. The summed E-state index contributed by atoms with van der Waals surface area (Å²) >= 11 is 5.92. The molecule has 26 heavy (non-hydrogen) atoms. The van der Waals surface area contributed by atoms with Crippen LogP contribution < -0.4 is 0 Å². The quantitative estimate of drug-likeness (QED) is 0.741. The van der Waals surface area contributed by atoms with Crippen LogP contribution in [0.15, 0.2) is 18.3 Å². The highest BCUT2D eigenvalue weighted by Crippen LogP contribution is 2.41. The summed E-state index contributed by atoms with van der Waals surface area (Å²) in [5.74, 6) is -0.0704. The monoisotopic (exact) mass is 378 g/mol. The summed E-state index contributed by atoms with van der Waals surface area (Å²) in [7, 11) is 0. The molecule has 2 aliphatic rings. The van der Waals surface area contributed by atoms with Crippen molar-refractivity contribution in [3.8, 4) is 0 Å². The number of halogens is 2. The lowest BCUT2D eigenvalue weighted by Gasteiger charge is -2.37. The third-order valence-corrected chi connectivity index (χ3v) is 5.89. The Morgan fingerprint density at radius 1 is 1.35 bits per heavy atom. The third kappa shape index (κ3) is 3.99. The first-order valence-electron chi connectivity index (χ1n) is 9.08. The van der Waals surface area contributed by atoms with Gasteiger partial charge in [0.1, 0.15) is 11.9 Å². The molecule has 0 bridgehead atoms. The molecular formula is C19H24ClFN4O. The first kappa shape index (κ1) is 19.1. The van der Waals surface area contributed by atoms with Crippen LogP contribution in [0.25, 0.3) is 4.85 Å². The number of alkyl halides is 1. The maximum atomic E-state index is 14.3. The van der Waals surface area contributed by atoms with Crippen LogP contribution in [0.3, 0.4) is 0 Å². The van der Waals surface area contributed by atoms with E-state index in [9.17, 15) is 9.18 Å². The molecule has 1 saturated heterocycles. The summed E-state index contributed by atoms with van der Waals surface area (Å²) < 4.78 is 14.3. The highest BCUT2D eigenvalue weighted by atomic mass is 35.5. The van der Waals surface area contributed by atoms with E-state index in [1.54, 1.807) is 17.2 Å². The molecule has 0 aromatic carbocycles. The van der Waals surface area contributed by atoms with E-state index in [1.807, 2.05) is 6.07 Å². The molecule has 2 fully saturated rings. The molecule has 0 spiro atoms. The van der Waals surface area contributed by atoms with Crippen molar-refractivity contribution >= 4 is 17.5 Å². The van der Waals surface area contributed by atoms with Crippen LogP contribution in [0.1, 0.15) is 38.3 Å². The molecule has 1 aliphatic heterocycles. The van der Waals surface area contributed by atoms with Crippen LogP contribution in [0.4, 0.5) is 4.39 Å². The minimum Gasteiger partial charge on any atom is -0.339 e. The minimum absolute atomic E-state index is 0.0704. The number of rotatable bonds is 2. The van der Waals surface area contributed by atoms with Gasteiger partial charge in [0, 0.05) is 51.6 Å². The van der Waals surface area contributed by atoms with E-state index in [1.165, 1.54) is 6.92 Å². The van der Waals surface area contributed by atoms with Gasteiger partial charge in [-0.1, -0.05) is 11.6 Å². The first-order valence-corrected chi connectivity index (χ1v) is 9.45. The Balaban J connectivity index is 1.66. The lowest BCUT2D eigenvalue weighted by molar-refractivity contribution is -0.129. The second-order valence-electron chi connectivity index (χ2n) is 7.29. The van der Waals surface area contributed by atoms with Crippen molar-refractivity contribution in [3.63, 3.8) is 0 Å². The van der Waals surface area contributed by atoms with Gasteiger partial charge in [0.25, 0.3) is 5.54 Å². The molecule has 1 aliphatic carbocycles. The van der Waals surface area contributed by atoms with Crippen molar-refractivity contribution in [3.05, 3.63) is 40.5 Å². The molecule has 0 radical (unpaired) electrons. The Hall–Kier alpha value is -1.71. The van der Waals surface area contributed by atoms with E-state index in [0.29, 0.717) is 37.5 Å². The number of carbonyl (C=O) groups excluding carboxylic acids is 1. The van der Waals surface area contributed by atoms with Gasteiger partial charge >= 0.3 is 0 Å². The zero-order chi connectivity index (χ0) is 18.7. The predicted octanol–water partition coefficient (Wildman–Crippen LogP) is 3.29. The van der Waals surface area contributed by atoms with E-state index in [-0.39, 0.29) is 18.5 Å². The second-order valence-corrected chi connectivity index (χ2v) is 7.73. The topological polar surface area (TPSA) is 40.8 Å². The van der Waals surface area contributed by atoms with E-state index in [0.717, 1.165) is 18.5 Å². The number of hydrogen-bond donors (Lipinski definition) is 0. The molecule has 7 heteroatoms. The molecule has 1 atom stereocenters. The molecule has 1 aromatic rings. The van der Waals surface area contributed by atoms with Gasteiger partial charge in [0.15, 0.2) is 0 Å². The standard InChI is InChI=1S/C19H24ClFN4O/c1-14(26)24-9-10-25(13-16(21)12-24)17-5-7-19(22-2,8-6-17)18-4-3-15(20)11-23-18/h3-4,11,16-17H,5-10,12-13H2,1H3. The van der Waals surface area contributed by atoms with Gasteiger partial charge in [-0.15, -0.1) is 0 Å². The van der Waals surface area contributed by atoms with Gasteiger partial charge in [-0.05, 0) is 25.0 Å². The smallest absolute Gasteiger partial charge is 0.274 e. The Morgan fingerprint density at radius 2 is 2.08 bits per heavy atom. The maximum Gasteiger partial charge on any atom is 0.274 e. The Morgan fingerprint density at radius 3 is 2.65 bits per heavy atom. The number of hydrogen-bond acceptors (Lipinski definition) is 3. The number of pyridine rings is 1. The number of carbonyl (C=O) groups is 1. The molecule has 1 saturated carbocycles. The Bertz CT molecular complexity index is 682. The zero-order valence-electron chi connectivity index (χ0n) is 15.0. The van der Waals surface area contributed by atoms with Crippen molar-refractivity contribution in [2.45, 2.75) is 50.4 Å². The fraction of sp³-hybridized carbons (Fsp3) is 0.632. The normalized spacial score (nSPS) is 30.5. The summed E-state index contributed by atoms with van der Waals surface area (Å²) in [5.41, 5.74) is 0.172. The fourth-order valence-corrected chi connectivity index (χ4v) is 4.23. The minimum atomic E-state index is -1.02. The van der Waals surface area contributed by atoms with E-state index >= 15 is 0 Å². The van der Waals surface area contributed by atoms with Crippen LogP contribution >= 0.6 is 11.6 Å². The average molecular weight is 379 g/mol. The van der Waals surface area contributed by atoms with E-state index in [2.05, 4.69) is 14.7 Å². The SMILES string of the molecule is [C-]#[N+]C1(c2ccc(Cl)cn2)CCC(N2CCN(C(C)=O)CC(F)C2)CC1. The molecule has 140 valence electrons. The molecular weight excluding hydrogens is 355 g/mol. The largest absolute Gasteiger partial charge is 0.339 e. The lowest BCUT2D eigenvalue weighted by Crippen LogP contribution is -2.44. The van der Waals surface area contributed by atoms with Gasteiger partial charge in [-0.3, -0.25) is 14.7 Å². The van der Waals surface area contributed by atoms with Gasteiger partial charge in [0.05, 0.1) is 11.6 Å². The molecule has 2 heterocycles. The predicted molar refractivity (Wildman–Crippen MR) is 98.5 cm³/mol. The van der Waals surface area contributed by atoms with Crippen molar-refractivity contribution in [1.82, 2.24) is 14.8 Å². The summed E-state index contributed by atoms with van der Waals surface area (Å²) in [6.45, 7) is 11.0. The van der Waals surface area contributed by atoms with Crippen LogP contribution in [0.2, 0.25) is 5.02 Å². The summed E-state index contributed by atoms with van der Waals surface area (Å²) in [6.07, 6.45) is 3.65. The second kappa shape index (κ2) is 7.89. The number of aromatic nitrogens is 1. The van der Waals surface area contributed by atoms with Crippen LogP contribution in [0, 0.1) is 6.57 Å². The van der Waals surface area contributed by atoms with Gasteiger partial charge in [0.2, 0.25) is 5.91 Å². The molecule has 0 N–H and O–H groups in total. The molecule has 3 rings (SSSR count). The van der Waals surface area contributed by atoms with E-state index < -0.39 is 11.7 Å². The number of amides is 1. The highest BCUT2D eigenvalue weighted by molar-refractivity contribution is 6.30.